The largest absolute Gasteiger partial charge is 0.416 e. The standard InChI is InChI=1S/C19H24F3N/c1-6-7-14(4)12-18(23-15(5)13(2)3)16-8-10-17(11-9-16)19(20,21)22/h8-13H,4,6-7H2,1-3,5H3/b18-12-,23-15?. The highest BCUT2D eigenvalue weighted by Crippen LogP contribution is 2.30. The Hall–Kier alpha value is -1.84. The molecule has 0 N–H and O–H groups in total. The maximum atomic E-state index is 12.7. The Morgan fingerprint density at radius 2 is 1.78 bits per heavy atom. The van der Waals surface area contributed by atoms with E-state index in [9.17, 15) is 13.2 Å². The van der Waals surface area contributed by atoms with Crippen LogP contribution in [-0.4, -0.2) is 5.71 Å². The van der Waals surface area contributed by atoms with Crippen molar-refractivity contribution in [3.8, 4) is 0 Å². The molecule has 0 spiro atoms. The molecule has 0 aliphatic heterocycles. The fourth-order valence-corrected chi connectivity index (χ4v) is 1.92. The summed E-state index contributed by atoms with van der Waals surface area (Å²) in [5.74, 6) is 0.271. The highest BCUT2D eigenvalue weighted by molar-refractivity contribution is 5.89. The van der Waals surface area contributed by atoms with E-state index in [1.54, 1.807) is 0 Å². The number of benzene rings is 1. The topological polar surface area (TPSA) is 12.4 Å². The van der Waals surface area contributed by atoms with Crippen LogP contribution in [0, 0.1) is 5.92 Å². The van der Waals surface area contributed by atoms with Crippen LogP contribution in [0.15, 0.2) is 47.5 Å². The van der Waals surface area contributed by atoms with Crippen LogP contribution in [0.25, 0.3) is 5.70 Å². The van der Waals surface area contributed by atoms with Gasteiger partial charge in [-0.15, -0.1) is 0 Å². The van der Waals surface area contributed by atoms with Gasteiger partial charge in [0, 0.05) is 11.3 Å². The summed E-state index contributed by atoms with van der Waals surface area (Å²) in [5, 5.41) is 0. The summed E-state index contributed by atoms with van der Waals surface area (Å²) in [7, 11) is 0. The van der Waals surface area contributed by atoms with Crippen LogP contribution in [0.1, 0.15) is 51.7 Å². The molecule has 0 saturated heterocycles. The van der Waals surface area contributed by atoms with Crippen molar-refractivity contribution >= 4 is 11.4 Å². The summed E-state index contributed by atoms with van der Waals surface area (Å²) in [6.07, 6.45) is -0.674. The minimum Gasteiger partial charge on any atom is -0.257 e. The lowest BCUT2D eigenvalue weighted by atomic mass is 10.0. The van der Waals surface area contributed by atoms with Gasteiger partial charge >= 0.3 is 6.18 Å². The monoisotopic (exact) mass is 323 g/mol. The molecular formula is C19H24F3N. The summed E-state index contributed by atoms with van der Waals surface area (Å²) in [5.41, 5.74) is 2.51. The third kappa shape index (κ3) is 6.05. The summed E-state index contributed by atoms with van der Waals surface area (Å²) in [6.45, 7) is 12.0. The highest BCUT2D eigenvalue weighted by atomic mass is 19.4. The Labute approximate surface area is 136 Å². The molecule has 1 nitrogen and oxygen atoms in total. The average molecular weight is 323 g/mol. The predicted octanol–water partition coefficient (Wildman–Crippen LogP) is 6.52. The normalized spacial score (nSPS) is 13.6. The van der Waals surface area contributed by atoms with Crippen LogP contribution in [0.2, 0.25) is 0 Å². The van der Waals surface area contributed by atoms with Gasteiger partial charge in [0.05, 0.1) is 11.3 Å². The molecule has 0 aliphatic carbocycles. The van der Waals surface area contributed by atoms with Gasteiger partial charge in [0.1, 0.15) is 0 Å². The van der Waals surface area contributed by atoms with Crippen LogP contribution >= 0.6 is 0 Å². The van der Waals surface area contributed by atoms with E-state index in [1.165, 1.54) is 12.1 Å². The molecule has 0 unspecified atom stereocenters. The van der Waals surface area contributed by atoms with E-state index >= 15 is 0 Å². The van der Waals surface area contributed by atoms with Gasteiger partial charge in [-0.2, -0.15) is 13.2 Å². The molecule has 0 amide bonds. The van der Waals surface area contributed by atoms with Crippen LogP contribution in [0.5, 0.6) is 0 Å². The Morgan fingerprint density at radius 3 is 2.22 bits per heavy atom. The quantitative estimate of drug-likeness (QED) is 0.417. The molecule has 23 heavy (non-hydrogen) atoms. The van der Waals surface area contributed by atoms with E-state index in [2.05, 4.69) is 18.5 Å². The zero-order chi connectivity index (χ0) is 17.6. The third-order valence-corrected chi connectivity index (χ3v) is 3.55. The van der Waals surface area contributed by atoms with Gasteiger partial charge in [0.2, 0.25) is 0 Å². The van der Waals surface area contributed by atoms with Crippen molar-refractivity contribution in [2.45, 2.75) is 46.7 Å². The number of hydrogen-bond donors (Lipinski definition) is 0. The van der Waals surface area contributed by atoms with E-state index in [0.29, 0.717) is 11.3 Å². The van der Waals surface area contributed by atoms with Gasteiger partial charge < -0.3 is 0 Å². The number of rotatable bonds is 6. The Morgan fingerprint density at radius 1 is 1.22 bits per heavy atom. The molecule has 4 heteroatoms. The molecule has 0 saturated carbocycles. The Balaban J connectivity index is 3.24. The zero-order valence-corrected chi connectivity index (χ0v) is 14.2. The van der Waals surface area contributed by atoms with Crippen LogP contribution in [-0.2, 0) is 6.18 Å². The molecule has 0 bridgehead atoms. The molecule has 0 heterocycles. The third-order valence-electron chi connectivity index (χ3n) is 3.55. The fourth-order valence-electron chi connectivity index (χ4n) is 1.92. The molecule has 1 aromatic rings. The van der Waals surface area contributed by atoms with Crippen molar-refractivity contribution in [1.29, 1.82) is 0 Å². The van der Waals surface area contributed by atoms with Gasteiger partial charge in [0.25, 0.3) is 0 Å². The second-order valence-electron chi connectivity index (χ2n) is 5.92. The summed E-state index contributed by atoms with van der Waals surface area (Å²) in [4.78, 5) is 4.60. The van der Waals surface area contributed by atoms with Crippen LogP contribution in [0.4, 0.5) is 13.2 Å². The van der Waals surface area contributed by atoms with Crippen molar-refractivity contribution in [2.75, 3.05) is 0 Å². The molecule has 126 valence electrons. The Bertz CT molecular complexity index is 590. The molecule has 0 fully saturated rings. The van der Waals surface area contributed by atoms with E-state index in [4.69, 9.17) is 0 Å². The maximum Gasteiger partial charge on any atom is 0.416 e. The van der Waals surface area contributed by atoms with Crippen molar-refractivity contribution in [3.05, 3.63) is 53.6 Å². The molecule has 1 rings (SSSR count). The minimum absolute atomic E-state index is 0.271. The molecule has 1 aromatic carbocycles. The van der Waals surface area contributed by atoms with E-state index in [1.807, 2.05) is 26.8 Å². The number of halogens is 3. The first kappa shape index (κ1) is 19.2. The lowest BCUT2D eigenvalue weighted by molar-refractivity contribution is -0.137. The van der Waals surface area contributed by atoms with E-state index in [0.717, 1.165) is 36.3 Å². The molecule has 0 aliphatic rings. The summed E-state index contributed by atoms with van der Waals surface area (Å²) in [6, 6.07) is 5.11. The SMILES string of the molecule is C=C(/C=C(\N=C(C)C(C)C)c1ccc(C(F)(F)F)cc1)CCC. The first-order chi connectivity index (χ1) is 10.6. The maximum absolute atomic E-state index is 12.7. The van der Waals surface area contributed by atoms with Crippen molar-refractivity contribution in [1.82, 2.24) is 0 Å². The number of alkyl halides is 3. The van der Waals surface area contributed by atoms with E-state index in [-0.39, 0.29) is 5.92 Å². The zero-order valence-electron chi connectivity index (χ0n) is 14.2. The number of nitrogens with zero attached hydrogens (tertiary/aromatic N) is 1. The second-order valence-corrected chi connectivity index (χ2v) is 5.92. The van der Waals surface area contributed by atoms with E-state index < -0.39 is 11.7 Å². The van der Waals surface area contributed by atoms with Crippen molar-refractivity contribution < 1.29 is 13.2 Å². The highest BCUT2D eigenvalue weighted by Gasteiger charge is 2.30. The lowest BCUT2D eigenvalue weighted by Gasteiger charge is -2.11. The number of allylic oxidation sites excluding steroid dienone is 2. The molecule has 0 atom stereocenters. The van der Waals surface area contributed by atoms with Gasteiger partial charge in [-0.3, -0.25) is 4.99 Å². The summed E-state index contributed by atoms with van der Waals surface area (Å²) >= 11 is 0. The van der Waals surface area contributed by atoms with Crippen LogP contribution < -0.4 is 0 Å². The first-order valence-electron chi connectivity index (χ1n) is 7.77. The van der Waals surface area contributed by atoms with Crippen LogP contribution in [0.3, 0.4) is 0 Å². The molecule has 0 aromatic heterocycles. The fraction of sp³-hybridized carbons (Fsp3) is 0.421. The van der Waals surface area contributed by atoms with Gasteiger partial charge in [-0.1, -0.05) is 51.5 Å². The first-order valence-corrected chi connectivity index (χ1v) is 7.77. The molecular weight excluding hydrogens is 299 g/mol. The van der Waals surface area contributed by atoms with Crippen molar-refractivity contribution in [2.24, 2.45) is 10.9 Å². The summed E-state index contributed by atoms with van der Waals surface area (Å²) < 4.78 is 38.1. The molecule has 0 radical (unpaired) electrons. The number of hydrogen-bond acceptors (Lipinski definition) is 1. The smallest absolute Gasteiger partial charge is 0.257 e. The van der Waals surface area contributed by atoms with Gasteiger partial charge in [-0.05, 0) is 37.5 Å². The average Bonchev–Trinajstić information content (AvgIpc) is 2.45. The second kappa shape index (κ2) is 8.14. The minimum atomic E-state index is -4.33. The van der Waals surface area contributed by atoms with Crippen molar-refractivity contribution in [3.63, 3.8) is 0 Å². The Kier molecular flexibility index (Phi) is 6.79. The lowest BCUT2D eigenvalue weighted by Crippen LogP contribution is -2.05. The van der Waals surface area contributed by atoms with Gasteiger partial charge in [-0.25, -0.2) is 0 Å². The van der Waals surface area contributed by atoms with Gasteiger partial charge in [0.15, 0.2) is 0 Å². The predicted molar refractivity (Wildman–Crippen MR) is 91.4 cm³/mol. The number of aliphatic imine (C=N–C) groups is 1.